The Hall–Kier alpha value is -9.04. The van der Waals surface area contributed by atoms with Crippen molar-refractivity contribution in [2.24, 2.45) is 0 Å². The lowest BCUT2D eigenvalue weighted by molar-refractivity contribution is -0.138. The van der Waals surface area contributed by atoms with Gasteiger partial charge in [-0.25, -0.2) is 17.6 Å². The van der Waals surface area contributed by atoms with Crippen LogP contribution in [0.25, 0.3) is 44.1 Å². The fourth-order valence-electron chi connectivity index (χ4n) is 12.2. The van der Waals surface area contributed by atoms with Crippen LogP contribution in [0.4, 0.5) is 43.9 Å². The molecule has 106 heavy (non-hydrogen) atoms. The number of pyridine rings is 2. The summed E-state index contributed by atoms with van der Waals surface area (Å²) in [5.41, 5.74) is -6.61. The summed E-state index contributed by atoms with van der Waals surface area (Å²) in [4.78, 5) is 63.8. The molecule has 0 atom stereocenters. The molecule has 12 rings (SSSR count). The van der Waals surface area contributed by atoms with Gasteiger partial charge in [-0.05, 0) is 133 Å². The van der Waals surface area contributed by atoms with E-state index in [4.69, 9.17) is 23.2 Å². The maximum atomic E-state index is 15.1. The highest BCUT2D eigenvalue weighted by atomic mass is 32.2. The maximum Gasteiger partial charge on any atom is 0.416 e. The number of aromatic nitrogens is 2. The number of piperidine rings is 2. The first-order valence-electron chi connectivity index (χ1n) is 40.6. The smallest absolute Gasteiger partial charge is 0.383 e. The predicted octanol–water partition coefficient (Wildman–Crippen LogP) is 17.4. The number of carbonyl (C=O) groups excluding carboxylic acids is 2. The molecule has 0 radical (unpaired) electrons. The number of thioether (sulfide) groups is 2. The third-order valence-electron chi connectivity index (χ3n) is 17.9. The fraction of sp³-hybridized carbons (Fsp3) is 0.317. The molecule has 8 aromatic carbocycles. The third-order valence-corrected chi connectivity index (χ3v) is 19.8. The first kappa shape index (κ1) is 61.0. The number of benzene rings is 8. The largest absolute Gasteiger partial charge is 0.416 e. The van der Waals surface area contributed by atoms with Crippen molar-refractivity contribution < 1.29 is 82.2 Å². The fourth-order valence-corrected chi connectivity index (χ4v) is 14.0. The number of carbonyl (C=O) groups is 2. The topological polar surface area (TPSA) is 110 Å². The van der Waals surface area contributed by atoms with E-state index in [2.05, 4.69) is 9.80 Å². The summed E-state index contributed by atoms with van der Waals surface area (Å²) < 4.78 is 276. The highest BCUT2D eigenvalue weighted by Crippen LogP contribution is 2.36. The van der Waals surface area contributed by atoms with Gasteiger partial charge >= 0.3 is 12.4 Å². The van der Waals surface area contributed by atoms with E-state index in [-0.39, 0.29) is 74.1 Å². The van der Waals surface area contributed by atoms with Gasteiger partial charge in [0.1, 0.15) is 13.1 Å². The molecule has 0 N–H and O–H groups in total. The van der Waals surface area contributed by atoms with Crippen LogP contribution >= 0.6 is 23.5 Å². The Balaban J connectivity index is 0.000000235. The molecule has 0 unspecified atom stereocenters. The van der Waals surface area contributed by atoms with Crippen LogP contribution in [-0.4, -0.2) is 119 Å². The zero-order valence-electron chi connectivity index (χ0n) is 71.7. The average Bonchev–Trinajstić information content (AvgIpc) is 0.731. The molecule has 2 amide bonds. The van der Waals surface area contributed by atoms with Crippen molar-refractivity contribution in [3.8, 4) is 22.3 Å². The average molecular weight is 1510 g/mol. The standard InChI is InChI=1S/2C41H40F5N3O3S/c2*1-27-6-15-36-34(22-27)37(50)23-39(53-26-31-4-3-5-35(42)40(31)43)49(36)25-38(51)48(33-16-18-47(19-17-33)20-21-52-2)24-28-7-9-29(10-8-28)30-11-13-32(14-12-30)41(44,45)46/h2*3-15,22-23,33H,16-21,24-26H2,1-2H3/i6D,15D,22D,23D,24D2,26D2;6D,15D,22D,23D,24D2. The van der Waals surface area contributed by atoms with Crippen LogP contribution in [0.1, 0.15) is 89.4 Å². The van der Waals surface area contributed by atoms with Crippen molar-refractivity contribution in [1.82, 2.24) is 28.7 Å². The molecule has 0 saturated carbocycles. The van der Waals surface area contributed by atoms with Gasteiger partial charge in [0.15, 0.2) is 34.1 Å². The van der Waals surface area contributed by atoms with Crippen LogP contribution in [0.2, 0.25) is 0 Å². The highest BCUT2D eigenvalue weighted by Gasteiger charge is 2.34. The molecule has 2 fully saturated rings. The summed E-state index contributed by atoms with van der Waals surface area (Å²) in [6, 6.07) is 20.9. The molecule has 2 aromatic heterocycles. The van der Waals surface area contributed by atoms with Crippen molar-refractivity contribution >= 4 is 57.1 Å². The molecule has 4 heterocycles. The minimum Gasteiger partial charge on any atom is -0.383 e. The van der Waals surface area contributed by atoms with Gasteiger partial charge in [0, 0.05) is 127 Å². The molecule has 12 nitrogen and oxygen atoms in total. The van der Waals surface area contributed by atoms with E-state index >= 15 is 4.39 Å². The van der Waals surface area contributed by atoms with E-state index in [1.54, 1.807) is 14.2 Å². The molecule has 0 bridgehead atoms. The van der Waals surface area contributed by atoms with Crippen LogP contribution in [0.3, 0.4) is 0 Å². The van der Waals surface area contributed by atoms with E-state index in [0.29, 0.717) is 87.6 Å². The van der Waals surface area contributed by atoms with Crippen molar-refractivity contribution in [2.75, 3.05) is 66.7 Å². The molecule has 24 heteroatoms. The van der Waals surface area contributed by atoms with Crippen LogP contribution in [0.15, 0.2) is 201 Å². The van der Waals surface area contributed by atoms with Crippen molar-refractivity contribution in [1.29, 1.82) is 0 Å². The second-order valence-corrected chi connectivity index (χ2v) is 26.9. The molecule has 2 aliphatic heterocycles. The van der Waals surface area contributed by atoms with Crippen LogP contribution in [0, 0.1) is 37.1 Å². The van der Waals surface area contributed by atoms with Crippen LogP contribution in [-0.2, 0) is 69.0 Å². The van der Waals surface area contributed by atoms with Gasteiger partial charge in [-0.3, -0.25) is 19.2 Å². The lowest BCUT2D eigenvalue weighted by Crippen LogP contribution is -2.48. The van der Waals surface area contributed by atoms with Gasteiger partial charge in [-0.15, -0.1) is 23.5 Å². The van der Waals surface area contributed by atoms with Crippen LogP contribution in [0.5, 0.6) is 0 Å². The monoisotopic (exact) mass is 1510 g/mol. The summed E-state index contributed by atoms with van der Waals surface area (Å²) in [6.45, 7) is -0.254. The number of ether oxygens (including phenoxy) is 2. The summed E-state index contributed by atoms with van der Waals surface area (Å²) in [5.74, 6) is -7.31. The van der Waals surface area contributed by atoms with Gasteiger partial charge in [0.05, 0.1) is 61.9 Å². The number of methoxy groups -OCH3 is 2. The normalized spacial score (nSPS) is 16.5. The van der Waals surface area contributed by atoms with Gasteiger partial charge in [0.2, 0.25) is 11.8 Å². The Morgan fingerprint density at radius 1 is 0.509 bits per heavy atom. The van der Waals surface area contributed by atoms with Crippen molar-refractivity contribution in [2.45, 2.75) is 112 Å². The number of fused-ring (bicyclic) bond motifs is 2. The highest BCUT2D eigenvalue weighted by molar-refractivity contribution is 7.98. The quantitative estimate of drug-likeness (QED) is 0.0428. The Morgan fingerprint density at radius 2 is 0.877 bits per heavy atom. The summed E-state index contributed by atoms with van der Waals surface area (Å²) in [7, 11) is 3.13. The number of amides is 2. The maximum absolute atomic E-state index is 15.1. The number of rotatable bonds is 24. The summed E-state index contributed by atoms with van der Waals surface area (Å²) in [6.07, 6.45) is -7.85. The van der Waals surface area contributed by atoms with E-state index in [0.717, 1.165) is 79.2 Å². The van der Waals surface area contributed by atoms with Gasteiger partial charge in [-0.2, -0.15) is 26.3 Å². The number of hydrogen-bond donors (Lipinski definition) is 0. The predicted molar refractivity (Wildman–Crippen MR) is 395 cm³/mol. The number of likely N-dealkylation sites (tertiary alicyclic amines) is 2. The number of nitrogens with zero attached hydrogens (tertiary/aromatic N) is 6. The zero-order chi connectivity index (χ0) is 87.7. The molecule has 2 saturated heterocycles. The van der Waals surface area contributed by atoms with E-state index in [9.17, 15) is 64.2 Å². The van der Waals surface area contributed by atoms with E-state index < -0.39 is 183 Å². The van der Waals surface area contributed by atoms with Crippen LogP contribution < -0.4 is 10.9 Å². The lowest BCUT2D eigenvalue weighted by atomic mass is 10.00. The van der Waals surface area contributed by atoms with Gasteiger partial charge < -0.3 is 38.2 Å². The molecule has 0 spiro atoms. The first-order chi connectivity index (χ1) is 56.5. The Kier molecular flexibility index (Phi) is 20.2. The summed E-state index contributed by atoms with van der Waals surface area (Å²) in [5, 5.41) is -1.75. The Bertz CT molecular complexity index is 5630. The second-order valence-electron chi connectivity index (χ2n) is 25.1. The number of hydrogen-bond acceptors (Lipinski definition) is 10. The van der Waals surface area contributed by atoms with Gasteiger partial charge in [-0.1, -0.05) is 120 Å². The van der Waals surface area contributed by atoms with Crippen molar-refractivity contribution in [3.63, 3.8) is 0 Å². The number of alkyl halides is 6. The third kappa shape index (κ3) is 19.6. The van der Waals surface area contributed by atoms with Gasteiger partial charge in [0.25, 0.3) is 0 Å². The zero-order valence-corrected chi connectivity index (χ0v) is 59.3. The van der Waals surface area contributed by atoms with E-state index in [1.165, 1.54) is 98.8 Å². The molecular weight excluding hydrogens is 1420 g/mol. The van der Waals surface area contributed by atoms with Crippen molar-refractivity contribution in [3.05, 3.63) is 270 Å². The molecule has 556 valence electrons. The second kappa shape index (κ2) is 35.1. The minimum atomic E-state index is -4.55. The molecule has 2 aliphatic rings. The molecule has 0 aliphatic carbocycles. The minimum absolute atomic E-state index is 0.00274. The SMILES string of the molecule is [2H]c1c(C)c([2H])c2c(=O)c([2H])c(SC([2H])([2H])c3cccc(F)c3F)n(CC(=O)N(C3CCN(CCOC)CC3)C([2H])([2H])c3ccc(-c4ccc(C(F)(F)F)cc4)cc3)c2c1[2H].[2H]c1c(C)c([2H])c2c(=O)c([2H])c(SCc3cccc(F)c3F)n(CC(=O)N(C3CCN(CCOC)CC3)C([2H])([2H])c3ccc(-c4ccc(C(F)(F)F)cc4)cc3)c2c1[2H]. The van der Waals surface area contributed by atoms with E-state index in [1.807, 2.05) is 0 Å². The lowest BCUT2D eigenvalue weighted by Gasteiger charge is -2.39. The molecular formula is C82H80F10N6O6S2. The number of halogens is 10. The Morgan fingerprint density at radius 3 is 1.26 bits per heavy atom. The molecule has 10 aromatic rings. The Labute approximate surface area is 636 Å². The first-order valence-corrected chi connectivity index (χ1v) is 35.4. The summed E-state index contributed by atoms with van der Waals surface area (Å²) >= 11 is 0.806.